The fourth-order valence-corrected chi connectivity index (χ4v) is 4.77. The number of nitrogens with two attached hydrogens (primary N) is 1. The van der Waals surface area contributed by atoms with E-state index in [9.17, 15) is 8.42 Å². The highest BCUT2D eigenvalue weighted by Crippen LogP contribution is 2.34. The van der Waals surface area contributed by atoms with Gasteiger partial charge in [0.25, 0.3) is 0 Å². The van der Waals surface area contributed by atoms with Crippen LogP contribution in [0.4, 0.5) is 5.69 Å². The van der Waals surface area contributed by atoms with Crippen LogP contribution in [0.15, 0.2) is 23.4 Å². The van der Waals surface area contributed by atoms with Crippen LogP contribution in [0, 0.1) is 0 Å². The van der Waals surface area contributed by atoms with Crippen molar-refractivity contribution >= 4 is 38.9 Å². The van der Waals surface area contributed by atoms with Crippen molar-refractivity contribution in [3.63, 3.8) is 0 Å². The Morgan fingerprint density at radius 2 is 1.86 bits per heavy atom. The zero-order valence-corrected chi connectivity index (χ0v) is 13.0. The highest BCUT2D eigenvalue weighted by atomic mass is 35.5. The molecule has 2 heterocycles. The highest BCUT2D eigenvalue weighted by Gasteiger charge is 2.32. The van der Waals surface area contributed by atoms with E-state index in [1.54, 1.807) is 10.9 Å². The largest absolute Gasteiger partial charge is 0.399 e. The van der Waals surface area contributed by atoms with E-state index in [0.717, 1.165) is 0 Å². The standard InChI is InChI=1S/C11H11Cl2N5O2S/c12-8-3-7(14)4-9(13)11(8)21(19,20)18-2-1-17-6-15-16-10(17)5-18/h3-4,6H,1-2,5,14H2. The Morgan fingerprint density at radius 1 is 1.19 bits per heavy atom. The normalized spacial score (nSPS) is 15.9. The number of nitrogens with zero attached hydrogens (tertiary/aromatic N) is 4. The van der Waals surface area contributed by atoms with Crippen molar-refractivity contribution < 1.29 is 8.42 Å². The fraction of sp³-hybridized carbons (Fsp3) is 0.273. The number of hydrogen-bond donors (Lipinski definition) is 1. The van der Waals surface area contributed by atoms with Crippen molar-refractivity contribution in [2.45, 2.75) is 18.0 Å². The van der Waals surface area contributed by atoms with Crippen LogP contribution in [-0.2, 0) is 23.1 Å². The van der Waals surface area contributed by atoms with Gasteiger partial charge in [0.2, 0.25) is 10.0 Å². The number of fused-ring (bicyclic) bond motifs is 1. The molecule has 0 unspecified atom stereocenters. The maximum atomic E-state index is 12.7. The van der Waals surface area contributed by atoms with Crippen molar-refractivity contribution in [3.8, 4) is 0 Å². The second-order valence-electron chi connectivity index (χ2n) is 4.59. The van der Waals surface area contributed by atoms with Gasteiger partial charge < -0.3 is 10.3 Å². The third-order valence-electron chi connectivity index (χ3n) is 3.22. The minimum Gasteiger partial charge on any atom is -0.399 e. The van der Waals surface area contributed by atoms with E-state index in [1.807, 2.05) is 0 Å². The predicted octanol–water partition coefficient (Wildman–Crippen LogP) is 1.37. The lowest BCUT2D eigenvalue weighted by atomic mass is 10.3. The molecule has 0 saturated heterocycles. The van der Waals surface area contributed by atoms with Gasteiger partial charge in [-0.05, 0) is 12.1 Å². The average molecular weight is 348 g/mol. The molecule has 0 radical (unpaired) electrons. The summed E-state index contributed by atoms with van der Waals surface area (Å²) in [5, 5.41) is 7.67. The molecule has 1 aromatic heterocycles. The molecule has 7 nitrogen and oxygen atoms in total. The molecule has 21 heavy (non-hydrogen) atoms. The predicted molar refractivity (Wildman–Crippen MR) is 78.5 cm³/mol. The number of anilines is 1. The molecule has 1 aromatic carbocycles. The Kier molecular flexibility index (Phi) is 3.56. The molecular formula is C11H11Cl2N5O2S. The van der Waals surface area contributed by atoms with E-state index in [-0.39, 0.29) is 21.5 Å². The lowest BCUT2D eigenvalue weighted by molar-refractivity contribution is 0.335. The number of halogens is 2. The Balaban J connectivity index is 2.03. The van der Waals surface area contributed by atoms with Crippen LogP contribution in [0.1, 0.15) is 5.82 Å². The molecule has 0 atom stereocenters. The van der Waals surface area contributed by atoms with Gasteiger partial charge in [-0.15, -0.1) is 10.2 Å². The molecule has 2 N–H and O–H groups in total. The van der Waals surface area contributed by atoms with Gasteiger partial charge in [0, 0.05) is 18.8 Å². The number of benzene rings is 1. The van der Waals surface area contributed by atoms with Gasteiger partial charge in [0.15, 0.2) is 0 Å². The summed E-state index contributed by atoms with van der Waals surface area (Å²) in [6.07, 6.45) is 1.57. The second kappa shape index (κ2) is 5.13. The quantitative estimate of drug-likeness (QED) is 0.828. The summed E-state index contributed by atoms with van der Waals surface area (Å²) in [6, 6.07) is 2.74. The molecule has 0 amide bonds. The molecule has 10 heteroatoms. The Labute approximate surface area is 131 Å². The van der Waals surface area contributed by atoms with Crippen LogP contribution in [0.5, 0.6) is 0 Å². The van der Waals surface area contributed by atoms with Crippen molar-refractivity contribution in [2.24, 2.45) is 0 Å². The van der Waals surface area contributed by atoms with Gasteiger partial charge in [0.1, 0.15) is 17.0 Å². The summed E-state index contributed by atoms with van der Waals surface area (Å²) in [5.41, 5.74) is 5.91. The monoisotopic (exact) mass is 347 g/mol. The fourth-order valence-electron chi connectivity index (χ4n) is 2.20. The number of sulfonamides is 1. The Morgan fingerprint density at radius 3 is 2.52 bits per heavy atom. The van der Waals surface area contributed by atoms with Crippen molar-refractivity contribution in [2.75, 3.05) is 12.3 Å². The Hall–Kier alpha value is -1.35. The topological polar surface area (TPSA) is 94.1 Å². The molecule has 0 bridgehead atoms. The van der Waals surface area contributed by atoms with Gasteiger partial charge in [-0.25, -0.2) is 8.42 Å². The summed E-state index contributed by atoms with van der Waals surface area (Å²) in [4.78, 5) is -0.131. The molecule has 112 valence electrons. The van der Waals surface area contributed by atoms with Gasteiger partial charge >= 0.3 is 0 Å². The lowest BCUT2D eigenvalue weighted by Crippen LogP contribution is -2.38. The maximum Gasteiger partial charge on any atom is 0.246 e. The van der Waals surface area contributed by atoms with Crippen LogP contribution in [0.2, 0.25) is 10.0 Å². The van der Waals surface area contributed by atoms with Gasteiger partial charge in [0.05, 0.1) is 16.6 Å². The minimum absolute atomic E-state index is 0.00652. The summed E-state index contributed by atoms with van der Waals surface area (Å²) in [7, 11) is -3.83. The lowest BCUT2D eigenvalue weighted by Gasteiger charge is -2.27. The van der Waals surface area contributed by atoms with E-state index >= 15 is 0 Å². The van der Waals surface area contributed by atoms with E-state index in [1.165, 1.54) is 16.4 Å². The SMILES string of the molecule is Nc1cc(Cl)c(S(=O)(=O)N2CCn3cnnc3C2)c(Cl)c1. The number of rotatable bonds is 2. The highest BCUT2D eigenvalue weighted by molar-refractivity contribution is 7.89. The van der Waals surface area contributed by atoms with E-state index < -0.39 is 10.0 Å². The molecule has 2 aromatic rings. The van der Waals surface area contributed by atoms with Crippen molar-refractivity contribution in [3.05, 3.63) is 34.3 Å². The van der Waals surface area contributed by atoms with Crippen LogP contribution in [0.25, 0.3) is 0 Å². The summed E-state index contributed by atoms with van der Waals surface area (Å²) >= 11 is 12.0. The summed E-state index contributed by atoms with van der Waals surface area (Å²) < 4.78 is 28.5. The molecule has 0 aliphatic carbocycles. The van der Waals surface area contributed by atoms with E-state index in [4.69, 9.17) is 28.9 Å². The summed E-state index contributed by atoms with van der Waals surface area (Å²) in [5.74, 6) is 0.576. The third-order valence-corrected chi connectivity index (χ3v) is 5.99. The molecular weight excluding hydrogens is 337 g/mol. The first kappa shape index (κ1) is 14.6. The first-order valence-corrected chi connectivity index (χ1v) is 8.20. The minimum atomic E-state index is -3.83. The zero-order chi connectivity index (χ0) is 15.2. The van der Waals surface area contributed by atoms with Crippen LogP contribution in [-0.4, -0.2) is 34.0 Å². The zero-order valence-electron chi connectivity index (χ0n) is 10.7. The average Bonchev–Trinajstić information content (AvgIpc) is 2.83. The van der Waals surface area contributed by atoms with Gasteiger partial charge in [-0.3, -0.25) is 0 Å². The number of nitrogen functional groups attached to an aromatic ring is 1. The smallest absolute Gasteiger partial charge is 0.246 e. The molecule has 3 rings (SSSR count). The van der Waals surface area contributed by atoms with Crippen LogP contribution < -0.4 is 5.73 Å². The van der Waals surface area contributed by atoms with E-state index in [0.29, 0.717) is 24.6 Å². The maximum absolute atomic E-state index is 12.7. The Bertz CT molecular complexity index is 782. The molecule has 0 saturated carbocycles. The molecule has 0 fully saturated rings. The van der Waals surface area contributed by atoms with Crippen molar-refractivity contribution in [1.29, 1.82) is 0 Å². The molecule has 0 spiro atoms. The second-order valence-corrected chi connectivity index (χ2v) is 7.28. The van der Waals surface area contributed by atoms with Gasteiger partial charge in [-0.1, -0.05) is 23.2 Å². The van der Waals surface area contributed by atoms with Crippen LogP contribution >= 0.6 is 23.2 Å². The van der Waals surface area contributed by atoms with Gasteiger partial charge in [-0.2, -0.15) is 4.31 Å². The van der Waals surface area contributed by atoms with Crippen molar-refractivity contribution in [1.82, 2.24) is 19.1 Å². The van der Waals surface area contributed by atoms with Crippen LogP contribution in [0.3, 0.4) is 0 Å². The first-order chi connectivity index (χ1) is 9.89. The third kappa shape index (κ3) is 2.48. The van der Waals surface area contributed by atoms with E-state index in [2.05, 4.69) is 10.2 Å². The first-order valence-electron chi connectivity index (χ1n) is 6.01. The summed E-state index contributed by atoms with van der Waals surface area (Å²) in [6.45, 7) is 0.898. The molecule has 1 aliphatic rings. The number of aromatic nitrogens is 3. The molecule has 1 aliphatic heterocycles. The number of hydrogen-bond acceptors (Lipinski definition) is 5.